The highest BCUT2D eigenvalue weighted by Crippen LogP contribution is 2.24. The molecule has 2 aromatic rings. The fraction of sp³-hybridized carbons (Fsp3) is 0.200. The van der Waals surface area contributed by atoms with Crippen LogP contribution in [0.1, 0.15) is 5.56 Å². The van der Waals surface area contributed by atoms with Gasteiger partial charge in [0.1, 0.15) is 5.51 Å². The van der Waals surface area contributed by atoms with Crippen molar-refractivity contribution >= 4 is 49.1 Å². The Bertz CT molecular complexity index is 656. The van der Waals surface area contributed by atoms with Gasteiger partial charge in [0.05, 0.1) is 4.90 Å². The van der Waals surface area contributed by atoms with Crippen LogP contribution in [0.4, 0.5) is 5.13 Å². The number of rotatable bonds is 3. The number of sulfonamides is 1. The molecule has 0 unspecified atom stereocenters. The van der Waals surface area contributed by atoms with E-state index < -0.39 is 10.0 Å². The standard InChI is InChI=1S/C10H10IN3O2S2/c1-7-3-4-8(5-9(7)11)18(15,16)14(2)10-13-12-6-17-10/h3-6H,1-2H3. The number of hydrogen-bond donors (Lipinski definition) is 0. The van der Waals surface area contributed by atoms with Crippen LogP contribution in [0.25, 0.3) is 0 Å². The molecule has 18 heavy (non-hydrogen) atoms. The Labute approximate surface area is 123 Å². The second-order valence-electron chi connectivity index (χ2n) is 3.60. The highest BCUT2D eigenvalue weighted by atomic mass is 127. The Kier molecular flexibility index (Phi) is 3.87. The average molecular weight is 395 g/mol. The lowest BCUT2D eigenvalue weighted by atomic mass is 10.2. The third-order valence-electron chi connectivity index (χ3n) is 2.42. The SMILES string of the molecule is Cc1ccc(S(=O)(=O)N(C)c2nncs2)cc1I. The second-order valence-corrected chi connectivity index (χ2v) is 7.55. The van der Waals surface area contributed by atoms with E-state index in [9.17, 15) is 8.42 Å². The van der Waals surface area contributed by atoms with Gasteiger partial charge in [-0.15, -0.1) is 10.2 Å². The quantitative estimate of drug-likeness (QED) is 0.749. The van der Waals surface area contributed by atoms with Crippen LogP contribution < -0.4 is 4.31 Å². The van der Waals surface area contributed by atoms with Gasteiger partial charge in [0, 0.05) is 10.6 Å². The molecule has 0 aliphatic heterocycles. The molecular formula is C10H10IN3O2S2. The molecule has 0 spiro atoms. The van der Waals surface area contributed by atoms with Crippen molar-refractivity contribution in [2.24, 2.45) is 0 Å². The van der Waals surface area contributed by atoms with Crippen LogP contribution in [-0.2, 0) is 10.0 Å². The van der Waals surface area contributed by atoms with Crippen LogP contribution in [0.15, 0.2) is 28.6 Å². The first-order chi connectivity index (χ1) is 8.43. The van der Waals surface area contributed by atoms with Crippen molar-refractivity contribution in [3.8, 4) is 0 Å². The molecule has 0 aliphatic rings. The van der Waals surface area contributed by atoms with E-state index in [-0.39, 0.29) is 4.90 Å². The molecule has 0 radical (unpaired) electrons. The summed E-state index contributed by atoms with van der Waals surface area (Å²) in [7, 11) is -2.09. The van der Waals surface area contributed by atoms with Gasteiger partial charge in [0.15, 0.2) is 0 Å². The van der Waals surface area contributed by atoms with E-state index in [4.69, 9.17) is 0 Å². The number of halogens is 1. The zero-order valence-corrected chi connectivity index (χ0v) is 13.5. The van der Waals surface area contributed by atoms with Crippen molar-refractivity contribution in [2.75, 3.05) is 11.4 Å². The van der Waals surface area contributed by atoms with Crippen molar-refractivity contribution in [1.82, 2.24) is 10.2 Å². The Balaban J connectivity index is 2.45. The molecular weight excluding hydrogens is 385 g/mol. The fourth-order valence-electron chi connectivity index (χ4n) is 1.30. The molecule has 0 aliphatic carbocycles. The third-order valence-corrected chi connectivity index (χ3v) is 6.21. The number of aryl methyl sites for hydroxylation is 1. The minimum Gasteiger partial charge on any atom is -0.243 e. The topological polar surface area (TPSA) is 63.2 Å². The molecule has 0 saturated carbocycles. The summed E-state index contributed by atoms with van der Waals surface area (Å²) < 4.78 is 26.8. The molecule has 96 valence electrons. The van der Waals surface area contributed by atoms with Crippen LogP contribution in [-0.4, -0.2) is 25.7 Å². The molecule has 1 aromatic carbocycles. The van der Waals surface area contributed by atoms with E-state index in [0.29, 0.717) is 5.13 Å². The molecule has 2 rings (SSSR count). The van der Waals surface area contributed by atoms with Gasteiger partial charge in [-0.05, 0) is 47.2 Å². The maximum absolute atomic E-state index is 12.4. The first kappa shape index (κ1) is 13.7. The first-order valence-corrected chi connectivity index (χ1v) is 8.34. The highest BCUT2D eigenvalue weighted by molar-refractivity contribution is 14.1. The van der Waals surface area contributed by atoms with Crippen LogP contribution >= 0.6 is 33.9 Å². The van der Waals surface area contributed by atoms with Crippen LogP contribution in [0.2, 0.25) is 0 Å². The van der Waals surface area contributed by atoms with Gasteiger partial charge >= 0.3 is 0 Å². The number of aromatic nitrogens is 2. The number of hydrogen-bond acceptors (Lipinski definition) is 5. The summed E-state index contributed by atoms with van der Waals surface area (Å²) in [4.78, 5) is 0.259. The van der Waals surface area contributed by atoms with E-state index in [1.54, 1.807) is 18.2 Å². The summed E-state index contributed by atoms with van der Waals surface area (Å²) >= 11 is 3.30. The largest absolute Gasteiger partial charge is 0.265 e. The zero-order valence-electron chi connectivity index (χ0n) is 9.66. The van der Waals surface area contributed by atoms with Gasteiger partial charge < -0.3 is 0 Å². The average Bonchev–Trinajstić information content (AvgIpc) is 2.85. The lowest BCUT2D eigenvalue weighted by Gasteiger charge is -2.16. The zero-order chi connectivity index (χ0) is 13.3. The monoisotopic (exact) mass is 395 g/mol. The van der Waals surface area contributed by atoms with Crippen LogP contribution in [0.5, 0.6) is 0 Å². The number of benzene rings is 1. The normalized spacial score (nSPS) is 11.5. The minimum absolute atomic E-state index is 0.259. The van der Waals surface area contributed by atoms with Crippen molar-refractivity contribution in [3.05, 3.63) is 32.8 Å². The maximum atomic E-state index is 12.4. The van der Waals surface area contributed by atoms with E-state index in [1.807, 2.05) is 6.92 Å². The molecule has 0 N–H and O–H groups in total. The smallest absolute Gasteiger partial charge is 0.243 e. The first-order valence-electron chi connectivity index (χ1n) is 4.94. The molecule has 0 bridgehead atoms. The van der Waals surface area contributed by atoms with E-state index in [1.165, 1.54) is 23.9 Å². The Morgan fingerprint density at radius 2 is 2.11 bits per heavy atom. The van der Waals surface area contributed by atoms with Crippen LogP contribution in [0.3, 0.4) is 0 Å². The van der Waals surface area contributed by atoms with Crippen molar-refractivity contribution in [2.45, 2.75) is 11.8 Å². The van der Waals surface area contributed by atoms with Gasteiger partial charge in [-0.2, -0.15) is 0 Å². The molecule has 0 saturated heterocycles. The summed E-state index contributed by atoms with van der Waals surface area (Å²) in [6.07, 6.45) is 0. The predicted molar refractivity (Wildman–Crippen MR) is 79.4 cm³/mol. The molecule has 0 amide bonds. The fourth-order valence-corrected chi connectivity index (χ4v) is 3.95. The van der Waals surface area contributed by atoms with E-state index in [0.717, 1.165) is 13.4 Å². The van der Waals surface area contributed by atoms with Gasteiger partial charge in [-0.25, -0.2) is 12.7 Å². The molecule has 1 heterocycles. The van der Waals surface area contributed by atoms with Crippen LogP contribution in [0, 0.1) is 10.5 Å². The van der Waals surface area contributed by atoms with E-state index >= 15 is 0 Å². The molecule has 5 nitrogen and oxygen atoms in total. The summed E-state index contributed by atoms with van der Waals surface area (Å²) in [5.41, 5.74) is 2.55. The summed E-state index contributed by atoms with van der Waals surface area (Å²) in [5, 5.41) is 7.76. The summed E-state index contributed by atoms with van der Waals surface area (Å²) in [5.74, 6) is 0. The lowest BCUT2D eigenvalue weighted by Crippen LogP contribution is -2.26. The Morgan fingerprint density at radius 1 is 1.39 bits per heavy atom. The van der Waals surface area contributed by atoms with Gasteiger partial charge in [-0.3, -0.25) is 0 Å². The van der Waals surface area contributed by atoms with Gasteiger partial charge in [-0.1, -0.05) is 17.4 Å². The Morgan fingerprint density at radius 3 is 2.67 bits per heavy atom. The predicted octanol–water partition coefficient (Wildman–Crippen LogP) is 2.28. The lowest BCUT2D eigenvalue weighted by molar-refractivity contribution is 0.594. The van der Waals surface area contributed by atoms with Gasteiger partial charge in [0.2, 0.25) is 5.13 Å². The summed E-state index contributed by atoms with van der Waals surface area (Å²) in [6, 6.07) is 5.05. The minimum atomic E-state index is -3.56. The van der Waals surface area contributed by atoms with Crippen molar-refractivity contribution in [1.29, 1.82) is 0 Å². The number of nitrogens with zero attached hydrogens (tertiary/aromatic N) is 3. The summed E-state index contributed by atoms with van der Waals surface area (Å²) in [6.45, 7) is 1.94. The highest BCUT2D eigenvalue weighted by Gasteiger charge is 2.23. The molecule has 0 fully saturated rings. The molecule has 1 aromatic heterocycles. The number of anilines is 1. The van der Waals surface area contributed by atoms with Gasteiger partial charge in [0.25, 0.3) is 10.0 Å². The van der Waals surface area contributed by atoms with Crippen molar-refractivity contribution in [3.63, 3.8) is 0 Å². The van der Waals surface area contributed by atoms with E-state index in [2.05, 4.69) is 32.8 Å². The third kappa shape index (κ3) is 2.50. The maximum Gasteiger partial charge on any atom is 0.265 e. The molecule has 0 atom stereocenters. The van der Waals surface area contributed by atoms with Crippen molar-refractivity contribution < 1.29 is 8.42 Å². The second kappa shape index (κ2) is 5.10. The molecule has 8 heteroatoms. The Hall–Kier alpha value is -0.740.